The van der Waals surface area contributed by atoms with Crippen molar-refractivity contribution in [1.29, 1.82) is 0 Å². The lowest BCUT2D eigenvalue weighted by Crippen LogP contribution is -2.23. The lowest BCUT2D eigenvalue weighted by Gasteiger charge is -2.08. The van der Waals surface area contributed by atoms with E-state index in [0.717, 1.165) is 5.56 Å². The number of ether oxygens (including phenoxy) is 2. The average Bonchev–Trinajstić information content (AvgIpc) is 3.16. The SMILES string of the molecule is O=C(NCc1ccc2c(c1)OCO2)c1cnc(Nc2ccccc2Cl)nc1. The Morgan fingerprint density at radius 3 is 2.67 bits per heavy atom. The van der Waals surface area contributed by atoms with Gasteiger partial charge >= 0.3 is 0 Å². The largest absolute Gasteiger partial charge is 0.454 e. The minimum absolute atomic E-state index is 0.219. The Bertz CT molecular complexity index is 979. The van der Waals surface area contributed by atoms with Crippen LogP contribution >= 0.6 is 11.6 Å². The van der Waals surface area contributed by atoms with Crippen molar-refractivity contribution in [3.8, 4) is 11.5 Å². The molecule has 136 valence electrons. The quantitative estimate of drug-likeness (QED) is 0.702. The van der Waals surface area contributed by atoms with Crippen molar-refractivity contribution in [3.63, 3.8) is 0 Å². The van der Waals surface area contributed by atoms with Gasteiger partial charge in [0.15, 0.2) is 11.5 Å². The number of para-hydroxylation sites is 1. The number of amides is 1. The number of nitrogens with one attached hydrogen (secondary N) is 2. The van der Waals surface area contributed by atoms with Gasteiger partial charge in [0.1, 0.15) is 0 Å². The minimum atomic E-state index is -0.267. The highest BCUT2D eigenvalue weighted by Gasteiger charge is 2.14. The topological polar surface area (TPSA) is 85.4 Å². The number of halogens is 1. The van der Waals surface area contributed by atoms with E-state index in [1.807, 2.05) is 36.4 Å². The van der Waals surface area contributed by atoms with Gasteiger partial charge < -0.3 is 20.1 Å². The Hall–Kier alpha value is -3.32. The molecule has 0 saturated carbocycles. The zero-order valence-corrected chi connectivity index (χ0v) is 14.9. The molecule has 2 N–H and O–H groups in total. The Balaban J connectivity index is 1.37. The molecule has 0 radical (unpaired) electrons. The standard InChI is InChI=1S/C19H15ClN4O3/c20-14-3-1-2-4-15(14)24-19-22-9-13(10-23-19)18(25)21-8-12-5-6-16-17(7-12)27-11-26-16/h1-7,9-10H,8,11H2,(H,21,25)(H,22,23,24). The number of carbonyl (C=O) groups is 1. The number of rotatable bonds is 5. The van der Waals surface area contributed by atoms with E-state index in [0.29, 0.717) is 40.3 Å². The van der Waals surface area contributed by atoms with Crippen molar-refractivity contribution in [2.24, 2.45) is 0 Å². The molecule has 2 heterocycles. The van der Waals surface area contributed by atoms with Crippen molar-refractivity contribution in [3.05, 3.63) is 71.0 Å². The van der Waals surface area contributed by atoms with E-state index in [2.05, 4.69) is 20.6 Å². The number of aromatic nitrogens is 2. The predicted octanol–water partition coefficient (Wildman–Crippen LogP) is 3.53. The molecular formula is C19H15ClN4O3. The zero-order valence-electron chi connectivity index (χ0n) is 14.1. The van der Waals surface area contributed by atoms with Crippen LogP contribution in [0, 0.1) is 0 Å². The van der Waals surface area contributed by atoms with Gasteiger partial charge in [-0.15, -0.1) is 0 Å². The second-order valence-electron chi connectivity index (χ2n) is 5.77. The molecule has 1 amide bonds. The Morgan fingerprint density at radius 1 is 1.07 bits per heavy atom. The molecule has 1 aliphatic rings. The zero-order chi connectivity index (χ0) is 18.6. The van der Waals surface area contributed by atoms with Crippen LogP contribution in [-0.4, -0.2) is 22.7 Å². The van der Waals surface area contributed by atoms with E-state index in [4.69, 9.17) is 21.1 Å². The molecular weight excluding hydrogens is 368 g/mol. The normalized spacial score (nSPS) is 11.9. The minimum Gasteiger partial charge on any atom is -0.454 e. The Kier molecular flexibility index (Phi) is 4.76. The predicted molar refractivity (Wildman–Crippen MR) is 101 cm³/mol. The fraction of sp³-hybridized carbons (Fsp3) is 0.105. The number of benzene rings is 2. The van der Waals surface area contributed by atoms with Gasteiger partial charge in [-0.25, -0.2) is 9.97 Å². The van der Waals surface area contributed by atoms with Crippen molar-refractivity contribution in [2.75, 3.05) is 12.1 Å². The monoisotopic (exact) mass is 382 g/mol. The molecule has 7 nitrogen and oxygen atoms in total. The van der Waals surface area contributed by atoms with E-state index in [1.54, 1.807) is 6.07 Å². The summed E-state index contributed by atoms with van der Waals surface area (Å²) in [5, 5.41) is 6.40. The fourth-order valence-electron chi connectivity index (χ4n) is 2.53. The van der Waals surface area contributed by atoms with Crippen molar-refractivity contribution in [1.82, 2.24) is 15.3 Å². The first-order valence-corrected chi connectivity index (χ1v) is 8.57. The van der Waals surface area contributed by atoms with Gasteiger partial charge in [0.2, 0.25) is 12.7 Å². The maximum atomic E-state index is 12.3. The van der Waals surface area contributed by atoms with E-state index in [1.165, 1.54) is 12.4 Å². The third-order valence-electron chi connectivity index (χ3n) is 3.92. The Morgan fingerprint density at radius 2 is 1.85 bits per heavy atom. The van der Waals surface area contributed by atoms with Crippen molar-refractivity contribution in [2.45, 2.75) is 6.54 Å². The summed E-state index contributed by atoms with van der Waals surface area (Å²) in [5.74, 6) is 1.48. The summed E-state index contributed by atoms with van der Waals surface area (Å²) in [6.45, 7) is 0.576. The van der Waals surface area contributed by atoms with Gasteiger partial charge in [-0.1, -0.05) is 29.8 Å². The van der Waals surface area contributed by atoms with Crippen LogP contribution in [0.25, 0.3) is 0 Å². The number of carbonyl (C=O) groups excluding carboxylic acids is 1. The number of fused-ring (bicyclic) bond motifs is 1. The van der Waals surface area contributed by atoms with Gasteiger partial charge in [-0.2, -0.15) is 0 Å². The van der Waals surface area contributed by atoms with Crippen LogP contribution in [-0.2, 0) is 6.54 Å². The van der Waals surface area contributed by atoms with Gasteiger partial charge in [0.05, 0.1) is 16.3 Å². The smallest absolute Gasteiger partial charge is 0.254 e. The van der Waals surface area contributed by atoms with Crippen LogP contribution in [0.5, 0.6) is 11.5 Å². The maximum Gasteiger partial charge on any atom is 0.254 e. The second kappa shape index (κ2) is 7.51. The Labute approximate surface area is 160 Å². The second-order valence-corrected chi connectivity index (χ2v) is 6.18. The molecule has 4 rings (SSSR count). The first kappa shape index (κ1) is 17.1. The molecule has 3 aromatic rings. The highest BCUT2D eigenvalue weighted by molar-refractivity contribution is 6.33. The summed E-state index contributed by atoms with van der Waals surface area (Å²) in [7, 11) is 0. The summed E-state index contributed by atoms with van der Waals surface area (Å²) in [6, 6.07) is 12.8. The lowest BCUT2D eigenvalue weighted by atomic mass is 10.2. The first-order valence-electron chi connectivity index (χ1n) is 8.19. The molecule has 27 heavy (non-hydrogen) atoms. The van der Waals surface area contributed by atoms with E-state index >= 15 is 0 Å². The molecule has 2 aromatic carbocycles. The highest BCUT2D eigenvalue weighted by atomic mass is 35.5. The van der Waals surface area contributed by atoms with Crippen LogP contribution in [0.2, 0.25) is 5.02 Å². The van der Waals surface area contributed by atoms with Gasteiger partial charge in [-0.05, 0) is 29.8 Å². The molecule has 1 aromatic heterocycles. The van der Waals surface area contributed by atoms with Crippen LogP contribution < -0.4 is 20.1 Å². The molecule has 0 fully saturated rings. The van der Waals surface area contributed by atoms with Crippen LogP contribution in [0.1, 0.15) is 15.9 Å². The molecule has 0 saturated heterocycles. The van der Waals surface area contributed by atoms with Gasteiger partial charge in [0, 0.05) is 18.9 Å². The molecule has 0 spiro atoms. The molecule has 0 atom stereocenters. The summed E-state index contributed by atoms with van der Waals surface area (Å²) < 4.78 is 10.6. The summed E-state index contributed by atoms with van der Waals surface area (Å²) in [5.41, 5.74) is 1.96. The van der Waals surface area contributed by atoms with E-state index in [-0.39, 0.29) is 12.7 Å². The number of hydrogen-bond acceptors (Lipinski definition) is 6. The van der Waals surface area contributed by atoms with Crippen LogP contribution in [0.3, 0.4) is 0 Å². The number of nitrogens with zero attached hydrogens (tertiary/aromatic N) is 2. The molecule has 0 unspecified atom stereocenters. The number of anilines is 2. The van der Waals surface area contributed by atoms with Crippen molar-refractivity contribution < 1.29 is 14.3 Å². The van der Waals surface area contributed by atoms with Crippen LogP contribution in [0.4, 0.5) is 11.6 Å². The summed E-state index contributed by atoms with van der Waals surface area (Å²) in [6.07, 6.45) is 2.92. The van der Waals surface area contributed by atoms with Crippen LogP contribution in [0.15, 0.2) is 54.9 Å². The average molecular weight is 383 g/mol. The molecule has 1 aliphatic heterocycles. The third kappa shape index (κ3) is 3.93. The molecule has 8 heteroatoms. The highest BCUT2D eigenvalue weighted by Crippen LogP contribution is 2.32. The number of hydrogen-bond donors (Lipinski definition) is 2. The van der Waals surface area contributed by atoms with Gasteiger partial charge in [-0.3, -0.25) is 4.79 Å². The van der Waals surface area contributed by atoms with E-state index in [9.17, 15) is 4.79 Å². The molecule has 0 bridgehead atoms. The summed E-state index contributed by atoms with van der Waals surface area (Å²) >= 11 is 6.09. The fourth-order valence-corrected chi connectivity index (χ4v) is 2.71. The van der Waals surface area contributed by atoms with Crippen molar-refractivity contribution >= 4 is 29.1 Å². The van der Waals surface area contributed by atoms with E-state index < -0.39 is 0 Å². The summed E-state index contributed by atoms with van der Waals surface area (Å²) in [4.78, 5) is 20.6. The maximum absolute atomic E-state index is 12.3. The molecule has 0 aliphatic carbocycles. The first-order chi connectivity index (χ1) is 13.2. The van der Waals surface area contributed by atoms with Gasteiger partial charge in [0.25, 0.3) is 5.91 Å². The lowest BCUT2D eigenvalue weighted by molar-refractivity contribution is 0.0950. The third-order valence-corrected chi connectivity index (χ3v) is 4.25.